The lowest BCUT2D eigenvalue weighted by Crippen LogP contribution is -2.43. The summed E-state index contributed by atoms with van der Waals surface area (Å²) in [6.45, 7) is -0.0361. The maximum atomic E-state index is 12.0. The molecule has 0 radical (unpaired) electrons. The Morgan fingerprint density at radius 3 is 2.28 bits per heavy atom. The van der Waals surface area contributed by atoms with Crippen molar-refractivity contribution >= 4 is 29.7 Å². The number of nitrogens with two attached hydrogens (primary N) is 2. The van der Waals surface area contributed by atoms with Crippen LogP contribution in [0.2, 0.25) is 0 Å². The number of carboxylic acids is 1. The van der Waals surface area contributed by atoms with Crippen LogP contribution in [0.25, 0.3) is 0 Å². The Kier molecular flexibility index (Phi) is 7.54. The van der Waals surface area contributed by atoms with E-state index in [1.54, 1.807) is 24.3 Å². The van der Waals surface area contributed by atoms with Gasteiger partial charge in [-0.3, -0.25) is 4.79 Å². The number of carbonyl (C=O) groups is 3. The summed E-state index contributed by atoms with van der Waals surface area (Å²) in [6.07, 6.45) is -1.55. The van der Waals surface area contributed by atoms with Gasteiger partial charge >= 0.3 is 18.0 Å². The fraction of sp³-hybridized carbons (Fsp3) is 0.158. The van der Waals surface area contributed by atoms with Gasteiger partial charge in [0.15, 0.2) is 5.96 Å². The molecule has 2 aromatic carbocycles. The minimum absolute atomic E-state index is 0.0361. The molecule has 152 valence electrons. The molecule has 0 heterocycles. The lowest BCUT2D eigenvalue weighted by Gasteiger charge is -2.14. The zero-order valence-corrected chi connectivity index (χ0v) is 15.3. The van der Waals surface area contributed by atoms with Crippen LogP contribution in [0.1, 0.15) is 12.0 Å². The second-order valence-electron chi connectivity index (χ2n) is 5.81. The number of benzene rings is 2. The van der Waals surface area contributed by atoms with Crippen LogP contribution in [-0.2, 0) is 20.9 Å². The van der Waals surface area contributed by atoms with Crippen LogP contribution >= 0.6 is 0 Å². The number of amides is 1. The van der Waals surface area contributed by atoms with Crippen molar-refractivity contribution in [2.24, 2.45) is 16.5 Å². The van der Waals surface area contributed by atoms with Gasteiger partial charge in [0, 0.05) is 0 Å². The van der Waals surface area contributed by atoms with Crippen molar-refractivity contribution in [2.75, 3.05) is 0 Å². The van der Waals surface area contributed by atoms with Crippen LogP contribution in [0.5, 0.6) is 5.75 Å². The van der Waals surface area contributed by atoms with Crippen LogP contribution in [0, 0.1) is 0 Å². The third-order valence-corrected chi connectivity index (χ3v) is 3.50. The van der Waals surface area contributed by atoms with Gasteiger partial charge in [0.05, 0.1) is 12.1 Å². The van der Waals surface area contributed by atoms with E-state index in [0.717, 1.165) is 5.56 Å². The SMILES string of the molecule is NC(N)=Nc1ccc(OC(=O)C[C@H](NC(=O)OCc2ccccc2)C(=O)O)cc1. The highest BCUT2D eigenvalue weighted by Crippen LogP contribution is 2.18. The average molecular weight is 400 g/mol. The van der Waals surface area contributed by atoms with E-state index in [9.17, 15) is 19.5 Å². The lowest BCUT2D eigenvalue weighted by molar-refractivity contribution is -0.144. The normalized spacial score (nSPS) is 11.0. The number of hydrogen-bond donors (Lipinski definition) is 4. The molecule has 10 nitrogen and oxygen atoms in total. The average Bonchev–Trinajstić information content (AvgIpc) is 2.67. The molecule has 2 rings (SSSR count). The first-order valence-corrected chi connectivity index (χ1v) is 8.44. The molecule has 29 heavy (non-hydrogen) atoms. The van der Waals surface area contributed by atoms with Crippen molar-refractivity contribution in [3.05, 3.63) is 60.2 Å². The standard InChI is InChI=1S/C19H20N4O6/c20-18(21)22-13-6-8-14(9-7-13)29-16(24)10-15(17(25)26)23-19(27)28-11-12-4-2-1-3-5-12/h1-9,15H,10-11H2,(H,23,27)(H,25,26)(H4,20,21,22)/t15-/m0/s1. The van der Waals surface area contributed by atoms with Gasteiger partial charge < -0.3 is 31.4 Å². The van der Waals surface area contributed by atoms with Gasteiger partial charge in [0.2, 0.25) is 0 Å². The molecule has 0 aliphatic carbocycles. The number of hydrogen-bond acceptors (Lipinski definition) is 6. The molecule has 0 aliphatic rings. The van der Waals surface area contributed by atoms with E-state index < -0.39 is 30.5 Å². The third-order valence-electron chi connectivity index (χ3n) is 3.50. The molecule has 0 aromatic heterocycles. The molecule has 0 bridgehead atoms. The quantitative estimate of drug-likeness (QED) is 0.222. The second kappa shape index (κ2) is 10.3. The predicted octanol–water partition coefficient (Wildman–Crippen LogP) is 1.27. The summed E-state index contributed by atoms with van der Waals surface area (Å²) in [5.41, 5.74) is 11.7. The Hall–Kier alpha value is -4.08. The molecule has 0 saturated carbocycles. The van der Waals surface area contributed by atoms with E-state index in [-0.39, 0.29) is 18.3 Å². The number of alkyl carbamates (subject to hydrolysis) is 1. The largest absolute Gasteiger partial charge is 0.480 e. The van der Waals surface area contributed by atoms with E-state index in [0.29, 0.717) is 5.69 Å². The number of ether oxygens (including phenoxy) is 2. The smallest absolute Gasteiger partial charge is 0.408 e. The van der Waals surface area contributed by atoms with E-state index in [1.807, 2.05) is 6.07 Å². The topological polar surface area (TPSA) is 166 Å². The van der Waals surface area contributed by atoms with Gasteiger partial charge in [0.1, 0.15) is 18.4 Å². The molecule has 1 atom stereocenters. The first kappa shape index (κ1) is 21.2. The molecule has 10 heteroatoms. The first-order chi connectivity index (χ1) is 13.8. The molecule has 0 fully saturated rings. The molecule has 0 spiro atoms. The number of carbonyl (C=O) groups excluding carboxylic acids is 2. The van der Waals surface area contributed by atoms with Crippen LogP contribution in [0.3, 0.4) is 0 Å². The van der Waals surface area contributed by atoms with E-state index in [2.05, 4.69) is 10.3 Å². The summed E-state index contributed by atoms with van der Waals surface area (Å²) < 4.78 is 10.0. The third kappa shape index (κ3) is 7.59. The highest BCUT2D eigenvalue weighted by atomic mass is 16.6. The van der Waals surface area contributed by atoms with Gasteiger partial charge in [-0.15, -0.1) is 0 Å². The molecule has 0 unspecified atom stereocenters. The molecule has 1 amide bonds. The Morgan fingerprint density at radius 1 is 1.03 bits per heavy atom. The number of guanidine groups is 1. The number of nitrogens with one attached hydrogen (secondary N) is 1. The Balaban J connectivity index is 1.87. The maximum absolute atomic E-state index is 12.0. The summed E-state index contributed by atoms with van der Waals surface area (Å²) in [6, 6.07) is 13.2. The van der Waals surface area contributed by atoms with Crippen LogP contribution < -0.4 is 21.5 Å². The monoisotopic (exact) mass is 400 g/mol. The number of esters is 1. The minimum Gasteiger partial charge on any atom is -0.480 e. The summed E-state index contributed by atoms with van der Waals surface area (Å²) >= 11 is 0. The van der Waals surface area contributed by atoms with Crippen molar-refractivity contribution in [3.63, 3.8) is 0 Å². The molecule has 0 aliphatic heterocycles. The zero-order chi connectivity index (χ0) is 21.2. The zero-order valence-electron chi connectivity index (χ0n) is 15.3. The number of aliphatic imine (C=N–C) groups is 1. The summed E-state index contributed by atoms with van der Waals surface area (Å²) in [4.78, 5) is 39.0. The van der Waals surface area contributed by atoms with Crippen molar-refractivity contribution in [2.45, 2.75) is 19.1 Å². The Labute approximate surface area is 166 Å². The Bertz CT molecular complexity index is 879. The van der Waals surface area contributed by atoms with Gasteiger partial charge in [-0.25, -0.2) is 14.6 Å². The van der Waals surface area contributed by atoms with Gasteiger partial charge in [-0.05, 0) is 29.8 Å². The number of aliphatic carboxylic acids is 1. The highest BCUT2D eigenvalue weighted by Gasteiger charge is 2.25. The number of carboxylic acid groups (broad SMARTS) is 1. The van der Waals surface area contributed by atoms with Crippen molar-refractivity contribution in [1.29, 1.82) is 0 Å². The molecular formula is C19H20N4O6. The second-order valence-corrected chi connectivity index (χ2v) is 5.81. The Morgan fingerprint density at radius 2 is 1.69 bits per heavy atom. The summed E-state index contributed by atoms with van der Waals surface area (Å²) in [7, 11) is 0. The van der Waals surface area contributed by atoms with Crippen molar-refractivity contribution in [3.8, 4) is 5.75 Å². The van der Waals surface area contributed by atoms with Crippen molar-refractivity contribution in [1.82, 2.24) is 5.32 Å². The van der Waals surface area contributed by atoms with Crippen molar-refractivity contribution < 1.29 is 29.0 Å². The van der Waals surface area contributed by atoms with E-state index in [1.165, 1.54) is 24.3 Å². The molecule has 0 saturated heterocycles. The molecular weight excluding hydrogens is 380 g/mol. The van der Waals surface area contributed by atoms with Gasteiger partial charge in [-0.2, -0.15) is 0 Å². The van der Waals surface area contributed by atoms with E-state index in [4.69, 9.17) is 20.9 Å². The lowest BCUT2D eigenvalue weighted by atomic mass is 10.2. The van der Waals surface area contributed by atoms with Crippen LogP contribution in [0.4, 0.5) is 10.5 Å². The fourth-order valence-electron chi connectivity index (χ4n) is 2.18. The minimum atomic E-state index is -1.51. The summed E-state index contributed by atoms with van der Waals surface area (Å²) in [5.74, 6) is -2.21. The van der Waals surface area contributed by atoms with E-state index >= 15 is 0 Å². The van der Waals surface area contributed by atoms with Gasteiger partial charge in [-0.1, -0.05) is 30.3 Å². The van der Waals surface area contributed by atoms with Gasteiger partial charge in [0.25, 0.3) is 0 Å². The molecule has 6 N–H and O–H groups in total. The number of rotatable bonds is 8. The van der Waals surface area contributed by atoms with Crippen LogP contribution in [-0.4, -0.2) is 35.1 Å². The first-order valence-electron chi connectivity index (χ1n) is 8.44. The van der Waals surface area contributed by atoms with Crippen LogP contribution in [0.15, 0.2) is 59.6 Å². The predicted molar refractivity (Wildman–Crippen MR) is 103 cm³/mol. The number of nitrogens with zero attached hydrogens (tertiary/aromatic N) is 1. The highest BCUT2D eigenvalue weighted by molar-refractivity contribution is 5.85. The summed E-state index contributed by atoms with van der Waals surface area (Å²) in [5, 5.41) is 11.4. The molecule has 2 aromatic rings. The maximum Gasteiger partial charge on any atom is 0.408 e. The fourth-order valence-corrected chi connectivity index (χ4v) is 2.18.